The third kappa shape index (κ3) is 4.49. The topological polar surface area (TPSA) is 150 Å². The van der Waals surface area contributed by atoms with E-state index < -0.39 is 54.5 Å². The van der Waals surface area contributed by atoms with E-state index in [1.807, 2.05) is 13.8 Å². The van der Waals surface area contributed by atoms with Crippen molar-refractivity contribution in [1.29, 1.82) is 0 Å². The first-order valence-electron chi connectivity index (χ1n) is 11.9. The molecule has 1 aromatic carbocycles. The maximum absolute atomic E-state index is 12.9. The number of hydrogen-bond donors (Lipinski definition) is 6. The maximum atomic E-state index is 12.9. The van der Waals surface area contributed by atoms with Gasteiger partial charge in [-0.05, 0) is 37.9 Å². The molecule has 2 saturated heterocycles. The van der Waals surface area contributed by atoms with Gasteiger partial charge in [-0.3, -0.25) is 4.79 Å². The molecule has 190 valence electrons. The average molecular weight is 481 g/mol. The standard InChI is InChI=1S/C24H36N2O8/c1-4-15-19(29)18(25-3)21-22(20(15)30)33-23-24(31,34-21)16(9-12(2)32-23)26-17(28)10-13-7-5-6-8-14(13)11-27/h5-8,12,15-16,18-23,25,27,29-31H,4,9-11H2,1-3H3,(H,26,28)/t12-,15-,16-,18+,19+,20-,21?,22?,23?,24+/m1/s1. The minimum Gasteiger partial charge on any atom is -0.392 e. The van der Waals surface area contributed by atoms with E-state index in [1.165, 1.54) is 0 Å². The van der Waals surface area contributed by atoms with E-state index in [1.54, 1.807) is 31.3 Å². The van der Waals surface area contributed by atoms with Crippen molar-refractivity contribution in [1.82, 2.24) is 10.6 Å². The average Bonchev–Trinajstić information content (AvgIpc) is 2.80. The van der Waals surface area contributed by atoms with Crippen LogP contribution < -0.4 is 10.6 Å². The lowest BCUT2D eigenvalue weighted by molar-refractivity contribution is -0.450. The van der Waals surface area contributed by atoms with Gasteiger partial charge in [-0.15, -0.1) is 0 Å². The molecule has 10 nitrogen and oxygen atoms in total. The Bertz CT molecular complexity index is 871. The number of amides is 1. The van der Waals surface area contributed by atoms with Crippen LogP contribution in [-0.2, 0) is 32.0 Å². The molecular weight excluding hydrogens is 444 g/mol. The molecule has 0 bridgehead atoms. The van der Waals surface area contributed by atoms with Crippen molar-refractivity contribution in [2.24, 2.45) is 5.92 Å². The third-order valence-electron chi connectivity index (χ3n) is 7.41. The second kappa shape index (κ2) is 10.2. The largest absolute Gasteiger partial charge is 0.392 e. The van der Waals surface area contributed by atoms with Gasteiger partial charge < -0.3 is 45.3 Å². The molecule has 0 spiro atoms. The van der Waals surface area contributed by atoms with E-state index in [9.17, 15) is 25.2 Å². The monoisotopic (exact) mass is 480 g/mol. The molecule has 4 rings (SSSR count). The van der Waals surface area contributed by atoms with Gasteiger partial charge in [0, 0.05) is 5.92 Å². The summed E-state index contributed by atoms with van der Waals surface area (Å²) in [6, 6.07) is 5.65. The molecule has 1 aromatic rings. The molecule has 0 radical (unpaired) electrons. The molecule has 3 unspecified atom stereocenters. The Hall–Kier alpha value is -1.63. The number of carbonyl (C=O) groups is 1. The SMILES string of the molecule is CC[C@@H]1[C@H](O)[C@H](NC)C2O[C@]3(O)C(OC2[C@@H]1O)O[C@H](C)C[C@H]3NC(=O)Cc1ccccc1CO. The van der Waals surface area contributed by atoms with Gasteiger partial charge in [0.15, 0.2) is 0 Å². The summed E-state index contributed by atoms with van der Waals surface area (Å²) in [7, 11) is 1.67. The van der Waals surface area contributed by atoms with Gasteiger partial charge in [-0.2, -0.15) is 0 Å². The fourth-order valence-electron chi connectivity index (χ4n) is 5.54. The van der Waals surface area contributed by atoms with Gasteiger partial charge >= 0.3 is 0 Å². The fraction of sp³-hybridized carbons (Fsp3) is 0.708. The second-order valence-corrected chi connectivity index (χ2v) is 9.54. The molecule has 6 N–H and O–H groups in total. The van der Waals surface area contributed by atoms with Crippen molar-refractivity contribution in [2.75, 3.05) is 7.05 Å². The maximum Gasteiger partial charge on any atom is 0.239 e. The Morgan fingerprint density at radius 3 is 2.50 bits per heavy atom. The van der Waals surface area contributed by atoms with Gasteiger partial charge in [-0.1, -0.05) is 31.2 Å². The van der Waals surface area contributed by atoms with Crippen molar-refractivity contribution in [2.45, 2.75) is 94.4 Å². The van der Waals surface area contributed by atoms with E-state index >= 15 is 0 Å². The smallest absolute Gasteiger partial charge is 0.239 e. The van der Waals surface area contributed by atoms with Crippen molar-refractivity contribution >= 4 is 5.91 Å². The number of ether oxygens (including phenoxy) is 3. The molecule has 3 fully saturated rings. The number of carbonyl (C=O) groups excluding carboxylic acids is 1. The Kier molecular flexibility index (Phi) is 7.61. The van der Waals surface area contributed by atoms with E-state index in [0.717, 1.165) is 0 Å². The first-order chi connectivity index (χ1) is 16.2. The van der Waals surface area contributed by atoms with Crippen LogP contribution in [-0.4, -0.2) is 88.1 Å². The highest BCUT2D eigenvalue weighted by Crippen LogP contribution is 2.43. The van der Waals surface area contributed by atoms with Crippen LogP contribution in [0.25, 0.3) is 0 Å². The first-order valence-corrected chi connectivity index (χ1v) is 11.9. The number of aliphatic hydroxyl groups is 4. The number of fused-ring (bicyclic) bond motifs is 2. The van der Waals surface area contributed by atoms with E-state index in [4.69, 9.17) is 14.2 Å². The summed E-state index contributed by atoms with van der Waals surface area (Å²) in [4.78, 5) is 12.9. The number of rotatable bonds is 6. The van der Waals surface area contributed by atoms with Gasteiger partial charge in [-0.25, -0.2) is 0 Å². The quantitative estimate of drug-likeness (QED) is 0.306. The molecule has 3 aliphatic rings. The molecule has 2 aliphatic heterocycles. The normalized spacial score (nSPS) is 41.9. The van der Waals surface area contributed by atoms with E-state index in [0.29, 0.717) is 17.5 Å². The highest BCUT2D eigenvalue weighted by molar-refractivity contribution is 5.79. The summed E-state index contributed by atoms with van der Waals surface area (Å²) in [5.41, 5.74) is 1.34. The summed E-state index contributed by atoms with van der Waals surface area (Å²) in [5.74, 6) is -2.80. The van der Waals surface area contributed by atoms with Crippen molar-refractivity contribution in [3.05, 3.63) is 35.4 Å². The summed E-state index contributed by atoms with van der Waals surface area (Å²) < 4.78 is 18.1. The Balaban J connectivity index is 1.56. The number of benzene rings is 1. The molecule has 1 saturated carbocycles. The van der Waals surface area contributed by atoms with Gasteiger partial charge in [0.25, 0.3) is 0 Å². The molecule has 0 aromatic heterocycles. The second-order valence-electron chi connectivity index (χ2n) is 9.54. The highest BCUT2D eigenvalue weighted by Gasteiger charge is 2.63. The van der Waals surface area contributed by atoms with Crippen LogP contribution in [0, 0.1) is 5.92 Å². The van der Waals surface area contributed by atoms with Gasteiger partial charge in [0.2, 0.25) is 18.0 Å². The predicted molar refractivity (Wildman–Crippen MR) is 120 cm³/mol. The summed E-state index contributed by atoms with van der Waals surface area (Å²) in [6.07, 6.45) is -4.38. The fourth-order valence-corrected chi connectivity index (χ4v) is 5.54. The van der Waals surface area contributed by atoms with Crippen LogP contribution in [0.3, 0.4) is 0 Å². The Morgan fingerprint density at radius 1 is 1.15 bits per heavy atom. The van der Waals surface area contributed by atoms with Gasteiger partial charge in [0.05, 0.1) is 43.4 Å². The van der Waals surface area contributed by atoms with Gasteiger partial charge in [0.1, 0.15) is 12.2 Å². The number of nitrogens with one attached hydrogen (secondary N) is 2. The predicted octanol–water partition coefficient (Wildman–Crippen LogP) is -0.837. The van der Waals surface area contributed by atoms with Crippen molar-refractivity contribution in [3.63, 3.8) is 0 Å². The highest BCUT2D eigenvalue weighted by atomic mass is 16.8. The van der Waals surface area contributed by atoms with Crippen LogP contribution in [0.1, 0.15) is 37.8 Å². The molecule has 1 aliphatic carbocycles. The molecule has 10 atom stereocenters. The summed E-state index contributed by atoms with van der Waals surface area (Å²) >= 11 is 0. The minimum absolute atomic E-state index is 0.0187. The number of likely N-dealkylation sites (N-methyl/N-ethyl adjacent to an activating group) is 1. The van der Waals surface area contributed by atoms with Crippen molar-refractivity contribution in [3.8, 4) is 0 Å². The zero-order valence-electron chi connectivity index (χ0n) is 19.8. The minimum atomic E-state index is -2.02. The van der Waals surface area contributed by atoms with Crippen LogP contribution in [0.15, 0.2) is 24.3 Å². The van der Waals surface area contributed by atoms with E-state index in [-0.39, 0.29) is 31.5 Å². The molecule has 34 heavy (non-hydrogen) atoms. The number of aliphatic hydroxyl groups excluding tert-OH is 3. The van der Waals surface area contributed by atoms with Crippen molar-refractivity contribution < 1.29 is 39.4 Å². The lowest BCUT2D eigenvalue weighted by Gasteiger charge is -2.58. The summed E-state index contributed by atoms with van der Waals surface area (Å²) in [6.45, 7) is 3.50. The Labute approximate surface area is 199 Å². The number of hydrogen-bond acceptors (Lipinski definition) is 9. The first kappa shape index (κ1) is 25.5. The molecular formula is C24H36N2O8. The zero-order valence-corrected chi connectivity index (χ0v) is 19.8. The van der Waals surface area contributed by atoms with Crippen LogP contribution in [0.5, 0.6) is 0 Å². The zero-order chi connectivity index (χ0) is 24.6. The lowest BCUT2D eigenvalue weighted by atomic mass is 9.74. The molecule has 1 amide bonds. The van der Waals surface area contributed by atoms with Crippen LogP contribution >= 0.6 is 0 Å². The Morgan fingerprint density at radius 2 is 1.85 bits per heavy atom. The third-order valence-corrected chi connectivity index (χ3v) is 7.41. The van der Waals surface area contributed by atoms with E-state index in [2.05, 4.69) is 10.6 Å². The van der Waals surface area contributed by atoms with Crippen LogP contribution in [0.4, 0.5) is 0 Å². The molecule has 2 heterocycles. The van der Waals surface area contributed by atoms with Crippen LogP contribution in [0.2, 0.25) is 0 Å². The summed E-state index contributed by atoms with van der Waals surface area (Å²) in [5, 5.41) is 48.8. The molecule has 10 heteroatoms. The lowest BCUT2D eigenvalue weighted by Crippen LogP contribution is -2.77.